The molecule has 0 saturated heterocycles. The third-order valence-electron chi connectivity index (χ3n) is 5.34. The van der Waals surface area contributed by atoms with Gasteiger partial charge in [0.15, 0.2) is 0 Å². The first kappa shape index (κ1) is 20.7. The zero-order valence-corrected chi connectivity index (χ0v) is 17.7. The van der Waals surface area contributed by atoms with E-state index in [1.54, 1.807) is 29.9 Å². The van der Waals surface area contributed by atoms with Crippen LogP contribution in [0.15, 0.2) is 47.4 Å². The van der Waals surface area contributed by atoms with Gasteiger partial charge in [-0.1, -0.05) is 12.1 Å². The molecule has 31 heavy (non-hydrogen) atoms. The first-order valence-corrected chi connectivity index (χ1v) is 10.4. The number of fused-ring (bicyclic) bond motifs is 1. The van der Waals surface area contributed by atoms with Gasteiger partial charge in [-0.15, -0.1) is 0 Å². The van der Waals surface area contributed by atoms with Crippen molar-refractivity contribution in [3.63, 3.8) is 0 Å². The molecule has 1 aliphatic carbocycles. The number of benzene rings is 1. The van der Waals surface area contributed by atoms with Crippen LogP contribution in [0.2, 0.25) is 0 Å². The van der Waals surface area contributed by atoms with E-state index in [1.807, 2.05) is 31.2 Å². The van der Waals surface area contributed by atoms with Crippen LogP contribution in [0.3, 0.4) is 0 Å². The third kappa shape index (κ3) is 4.79. The van der Waals surface area contributed by atoms with Gasteiger partial charge in [0.2, 0.25) is 11.8 Å². The van der Waals surface area contributed by atoms with E-state index in [2.05, 4.69) is 15.3 Å². The van der Waals surface area contributed by atoms with Crippen LogP contribution in [-0.2, 0) is 16.0 Å². The molecule has 2 amide bonds. The van der Waals surface area contributed by atoms with E-state index in [4.69, 9.17) is 0 Å². The number of carbonyl (C=O) groups is 2. The van der Waals surface area contributed by atoms with Gasteiger partial charge in [-0.25, -0.2) is 9.97 Å². The molecule has 4 rings (SSSR count). The molecule has 3 aromatic rings. The van der Waals surface area contributed by atoms with Crippen LogP contribution in [0.5, 0.6) is 0 Å². The third-order valence-corrected chi connectivity index (χ3v) is 5.34. The molecule has 1 fully saturated rings. The summed E-state index contributed by atoms with van der Waals surface area (Å²) in [5.41, 5.74) is 1.58. The van der Waals surface area contributed by atoms with E-state index in [9.17, 15) is 14.4 Å². The number of pyridine rings is 1. The molecule has 8 heteroatoms. The maximum Gasteiger partial charge on any atom is 0.261 e. The molecular weight excluding hydrogens is 394 g/mol. The van der Waals surface area contributed by atoms with Crippen LogP contribution in [0.25, 0.3) is 10.9 Å². The van der Waals surface area contributed by atoms with Gasteiger partial charge < -0.3 is 10.2 Å². The van der Waals surface area contributed by atoms with Gasteiger partial charge >= 0.3 is 0 Å². The van der Waals surface area contributed by atoms with Crippen LogP contribution in [0.1, 0.15) is 36.7 Å². The van der Waals surface area contributed by atoms with Crippen molar-refractivity contribution in [2.45, 2.75) is 38.6 Å². The minimum Gasteiger partial charge on any atom is -0.336 e. The summed E-state index contributed by atoms with van der Waals surface area (Å²) in [6.45, 7) is 1.84. The summed E-state index contributed by atoms with van der Waals surface area (Å²) in [7, 11) is 1.59. The van der Waals surface area contributed by atoms with Gasteiger partial charge in [0.05, 0.1) is 17.4 Å². The Labute approximate surface area is 179 Å². The maximum absolute atomic E-state index is 12.9. The number of hydrogen-bond acceptors (Lipinski definition) is 5. The van der Waals surface area contributed by atoms with Crippen molar-refractivity contribution in [2.24, 2.45) is 0 Å². The van der Waals surface area contributed by atoms with Gasteiger partial charge in [0, 0.05) is 32.1 Å². The summed E-state index contributed by atoms with van der Waals surface area (Å²) in [6, 6.07) is 11.1. The average molecular weight is 419 g/mol. The lowest BCUT2D eigenvalue weighted by Gasteiger charge is -2.18. The fourth-order valence-corrected chi connectivity index (χ4v) is 3.58. The number of para-hydroxylation sites is 1. The highest BCUT2D eigenvalue weighted by molar-refractivity contribution is 5.93. The molecule has 0 bridgehead atoms. The number of aryl methyl sites for hydroxylation is 2. The maximum atomic E-state index is 12.9. The van der Waals surface area contributed by atoms with E-state index in [0.717, 1.165) is 18.4 Å². The number of carbonyl (C=O) groups excluding carboxylic acids is 2. The number of amides is 2. The van der Waals surface area contributed by atoms with E-state index in [1.165, 1.54) is 4.90 Å². The summed E-state index contributed by atoms with van der Waals surface area (Å²) in [6.07, 6.45) is 4.04. The Kier molecular flexibility index (Phi) is 5.79. The van der Waals surface area contributed by atoms with Crippen molar-refractivity contribution in [1.82, 2.24) is 19.4 Å². The molecule has 2 heterocycles. The van der Waals surface area contributed by atoms with E-state index in [-0.39, 0.29) is 36.4 Å². The average Bonchev–Trinajstić information content (AvgIpc) is 3.57. The van der Waals surface area contributed by atoms with Crippen molar-refractivity contribution in [3.05, 3.63) is 64.3 Å². The molecule has 1 saturated carbocycles. The molecule has 1 aliphatic rings. The number of anilines is 1. The first-order valence-electron chi connectivity index (χ1n) is 10.4. The molecule has 160 valence electrons. The largest absolute Gasteiger partial charge is 0.336 e. The zero-order valence-electron chi connectivity index (χ0n) is 17.7. The molecule has 0 unspecified atom stereocenters. The normalized spacial score (nSPS) is 13.2. The predicted octanol–water partition coefficient (Wildman–Crippen LogP) is 2.46. The van der Waals surface area contributed by atoms with E-state index in [0.29, 0.717) is 29.0 Å². The van der Waals surface area contributed by atoms with Crippen LogP contribution in [-0.4, -0.2) is 44.8 Å². The Morgan fingerprint density at radius 1 is 1.23 bits per heavy atom. The van der Waals surface area contributed by atoms with Crippen molar-refractivity contribution in [1.29, 1.82) is 0 Å². The second-order valence-electron chi connectivity index (χ2n) is 7.97. The minimum atomic E-state index is -0.312. The lowest BCUT2D eigenvalue weighted by atomic mass is 10.2. The fraction of sp³-hybridized carbons (Fsp3) is 0.348. The van der Waals surface area contributed by atoms with Gasteiger partial charge in [-0.3, -0.25) is 19.0 Å². The van der Waals surface area contributed by atoms with Crippen LogP contribution in [0, 0.1) is 6.92 Å². The zero-order chi connectivity index (χ0) is 22.0. The highest BCUT2D eigenvalue weighted by Crippen LogP contribution is 2.34. The topological polar surface area (TPSA) is 97.2 Å². The summed E-state index contributed by atoms with van der Waals surface area (Å²) in [4.78, 5) is 47.9. The number of hydrogen-bond donors (Lipinski definition) is 1. The van der Waals surface area contributed by atoms with Gasteiger partial charge in [0.25, 0.3) is 5.56 Å². The van der Waals surface area contributed by atoms with Crippen molar-refractivity contribution in [3.8, 4) is 0 Å². The number of nitrogens with one attached hydrogen (secondary N) is 1. The van der Waals surface area contributed by atoms with Gasteiger partial charge in [-0.2, -0.15) is 0 Å². The van der Waals surface area contributed by atoms with E-state index < -0.39 is 0 Å². The first-order chi connectivity index (χ1) is 14.9. The Hall–Kier alpha value is -3.55. The number of nitrogens with zero attached hydrogens (tertiary/aromatic N) is 4. The highest BCUT2D eigenvalue weighted by Gasteiger charge is 2.28. The molecule has 0 spiro atoms. The van der Waals surface area contributed by atoms with E-state index >= 15 is 0 Å². The molecule has 2 aromatic heterocycles. The van der Waals surface area contributed by atoms with Crippen molar-refractivity contribution in [2.75, 3.05) is 18.9 Å². The Morgan fingerprint density at radius 2 is 2.00 bits per heavy atom. The molecule has 1 N–H and O–H groups in total. The predicted molar refractivity (Wildman–Crippen MR) is 118 cm³/mol. The van der Waals surface area contributed by atoms with Crippen molar-refractivity contribution >= 4 is 28.5 Å². The van der Waals surface area contributed by atoms with Crippen LogP contribution < -0.4 is 10.9 Å². The molecule has 0 radical (unpaired) electrons. The Morgan fingerprint density at radius 3 is 2.74 bits per heavy atom. The SMILES string of the molecule is Cc1ccnc(NC(=O)CN(C)C(=O)CCc2nc3ccccc3c(=O)n2C2CC2)c1. The standard InChI is InChI=1S/C23H25N5O3/c1-15-11-12-24-19(13-15)26-21(29)14-27(2)22(30)10-9-20-25-18-6-4-3-5-17(18)23(31)28(20)16-7-8-16/h3-6,11-13,16H,7-10,14H2,1-2H3,(H,24,26,29). The summed E-state index contributed by atoms with van der Waals surface area (Å²) in [5, 5.41) is 3.30. The number of likely N-dealkylation sites (N-methyl/N-ethyl adjacent to an activating group) is 1. The smallest absolute Gasteiger partial charge is 0.261 e. The van der Waals surface area contributed by atoms with Gasteiger partial charge in [-0.05, 0) is 49.6 Å². The van der Waals surface area contributed by atoms with Gasteiger partial charge in [0.1, 0.15) is 11.6 Å². The monoisotopic (exact) mass is 419 g/mol. The number of aromatic nitrogens is 3. The summed E-state index contributed by atoms with van der Waals surface area (Å²) < 4.78 is 1.74. The fourth-order valence-electron chi connectivity index (χ4n) is 3.58. The summed E-state index contributed by atoms with van der Waals surface area (Å²) in [5.74, 6) is 0.589. The Bertz CT molecular complexity index is 1200. The Balaban J connectivity index is 1.41. The quantitative estimate of drug-likeness (QED) is 0.635. The molecule has 8 nitrogen and oxygen atoms in total. The lowest BCUT2D eigenvalue weighted by molar-refractivity contribution is -0.133. The van der Waals surface area contributed by atoms with Crippen LogP contribution >= 0.6 is 0 Å². The van der Waals surface area contributed by atoms with Crippen molar-refractivity contribution < 1.29 is 9.59 Å². The highest BCUT2D eigenvalue weighted by atomic mass is 16.2. The van der Waals surface area contributed by atoms with Crippen LogP contribution in [0.4, 0.5) is 5.82 Å². The second kappa shape index (κ2) is 8.67. The molecule has 0 aliphatic heterocycles. The minimum absolute atomic E-state index is 0.0473. The number of rotatable bonds is 7. The molecule has 0 atom stereocenters. The second-order valence-corrected chi connectivity index (χ2v) is 7.97. The lowest BCUT2D eigenvalue weighted by Crippen LogP contribution is -2.35. The molecule has 1 aromatic carbocycles. The molecular formula is C23H25N5O3. The summed E-state index contributed by atoms with van der Waals surface area (Å²) >= 11 is 0.